The van der Waals surface area contributed by atoms with E-state index in [0.29, 0.717) is 6.54 Å². The van der Waals surface area contributed by atoms with Crippen molar-refractivity contribution < 1.29 is 14.3 Å². The molecule has 1 aliphatic rings. The zero-order valence-corrected chi connectivity index (χ0v) is 8.74. The summed E-state index contributed by atoms with van der Waals surface area (Å²) in [5, 5.41) is 2.82. The Hall–Kier alpha value is -0.940. The van der Waals surface area contributed by atoms with E-state index in [9.17, 15) is 9.59 Å². The first-order valence-corrected chi connectivity index (χ1v) is 4.66. The molecule has 2 unspecified atom stereocenters. The lowest BCUT2D eigenvalue weighted by Gasteiger charge is -2.31. The van der Waals surface area contributed by atoms with E-state index < -0.39 is 0 Å². The number of nitrogens with one attached hydrogen (secondary N) is 1. The fourth-order valence-electron chi connectivity index (χ4n) is 1.30. The molecule has 2 amide bonds. The first kappa shape index (κ1) is 11.1. The summed E-state index contributed by atoms with van der Waals surface area (Å²) in [5.74, 6) is -0.359. The largest absolute Gasteiger partial charge is 0.380 e. The molecule has 0 bridgehead atoms. The van der Waals surface area contributed by atoms with Crippen LogP contribution in [0.1, 0.15) is 13.8 Å². The molecule has 1 N–H and O–H groups in total. The van der Waals surface area contributed by atoms with Crippen LogP contribution in [0.4, 0.5) is 0 Å². The van der Waals surface area contributed by atoms with Crippen molar-refractivity contribution in [2.45, 2.75) is 26.0 Å². The standard InChI is InChI=1S/C9H16N2O3/c1-6(14-3)5-11-8(12)4-10-7(2)9(11)13/h6-7,10H,4-5H2,1-3H3. The number of ether oxygens (including phenoxy) is 1. The SMILES string of the molecule is COC(C)CN1C(=O)CNC(C)C1=O. The average molecular weight is 200 g/mol. The minimum absolute atomic E-state index is 0.117. The Balaban J connectivity index is 2.63. The predicted octanol–water partition coefficient (Wildman–Crippen LogP) is -0.632. The van der Waals surface area contributed by atoms with Gasteiger partial charge in [-0.2, -0.15) is 0 Å². The number of carbonyl (C=O) groups is 2. The van der Waals surface area contributed by atoms with Crippen molar-refractivity contribution in [3.63, 3.8) is 0 Å². The van der Waals surface area contributed by atoms with Gasteiger partial charge in [0.05, 0.1) is 25.2 Å². The van der Waals surface area contributed by atoms with Crippen molar-refractivity contribution in [2.75, 3.05) is 20.2 Å². The van der Waals surface area contributed by atoms with Crippen molar-refractivity contribution in [3.05, 3.63) is 0 Å². The van der Waals surface area contributed by atoms with Crippen LogP contribution >= 0.6 is 0 Å². The molecule has 14 heavy (non-hydrogen) atoms. The average Bonchev–Trinajstić information content (AvgIpc) is 2.18. The van der Waals surface area contributed by atoms with Crippen molar-refractivity contribution in [2.24, 2.45) is 0 Å². The van der Waals surface area contributed by atoms with Gasteiger partial charge in [-0.1, -0.05) is 0 Å². The maximum Gasteiger partial charge on any atom is 0.246 e. The van der Waals surface area contributed by atoms with E-state index in [-0.39, 0.29) is 30.5 Å². The Morgan fingerprint density at radius 3 is 2.86 bits per heavy atom. The predicted molar refractivity (Wildman–Crippen MR) is 50.7 cm³/mol. The van der Waals surface area contributed by atoms with Crippen LogP contribution in [0.2, 0.25) is 0 Å². The number of methoxy groups -OCH3 is 1. The summed E-state index contributed by atoms with van der Waals surface area (Å²) in [6, 6.07) is -0.281. The second-order valence-electron chi connectivity index (χ2n) is 3.49. The Morgan fingerprint density at radius 2 is 2.29 bits per heavy atom. The van der Waals surface area contributed by atoms with Crippen LogP contribution in [0.5, 0.6) is 0 Å². The highest BCUT2D eigenvalue weighted by Crippen LogP contribution is 2.04. The normalized spacial score (nSPS) is 25.4. The molecule has 80 valence electrons. The highest BCUT2D eigenvalue weighted by Gasteiger charge is 2.31. The molecule has 5 heteroatoms. The second-order valence-corrected chi connectivity index (χ2v) is 3.49. The highest BCUT2D eigenvalue weighted by molar-refractivity contribution is 6.00. The van der Waals surface area contributed by atoms with Crippen molar-refractivity contribution >= 4 is 11.8 Å². The fraction of sp³-hybridized carbons (Fsp3) is 0.778. The summed E-state index contributed by atoms with van der Waals surface area (Å²) in [5.41, 5.74) is 0. The van der Waals surface area contributed by atoms with Gasteiger partial charge in [-0.25, -0.2) is 0 Å². The Morgan fingerprint density at radius 1 is 1.64 bits per heavy atom. The van der Waals surface area contributed by atoms with Crippen molar-refractivity contribution in [1.29, 1.82) is 0 Å². The first-order valence-electron chi connectivity index (χ1n) is 4.66. The number of rotatable bonds is 3. The van der Waals surface area contributed by atoms with Gasteiger partial charge in [0.1, 0.15) is 0 Å². The molecular weight excluding hydrogens is 184 g/mol. The summed E-state index contributed by atoms with van der Waals surface area (Å²) in [6.07, 6.45) is -0.117. The molecule has 0 spiro atoms. The second kappa shape index (κ2) is 4.52. The number of nitrogens with zero attached hydrogens (tertiary/aromatic N) is 1. The number of hydrogen-bond donors (Lipinski definition) is 1. The Labute approximate surface area is 83.4 Å². The van der Waals surface area contributed by atoms with Gasteiger partial charge in [0, 0.05) is 7.11 Å². The van der Waals surface area contributed by atoms with Crippen LogP contribution in [0.3, 0.4) is 0 Å². The number of piperazine rings is 1. The number of carbonyl (C=O) groups excluding carboxylic acids is 2. The highest BCUT2D eigenvalue weighted by atomic mass is 16.5. The molecule has 0 saturated carbocycles. The lowest BCUT2D eigenvalue weighted by molar-refractivity contribution is -0.150. The molecule has 0 aromatic carbocycles. The fourth-order valence-corrected chi connectivity index (χ4v) is 1.30. The van der Waals surface area contributed by atoms with Gasteiger partial charge in [0.2, 0.25) is 11.8 Å². The van der Waals surface area contributed by atoms with E-state index in [0.717, 1.165) is 0 Å². The molecule has 1 fully saturated rings. The number of hydrogen-bond acceptors (Lipinski definition) is 4. The molecule has 0 aromatic heterocycles. The summed E-state index contributed by atoms with van der Waals surface area (Å²) in [4.78, 5) is 24.2. The smallest absolute Gasteiger partial charge is 0.246 e. The van der Waals surface area contributed by atoms with Gasteiger partial charge in [-0.3, -0.25) is 19.8 Å². The minimum Gasteiger partial charge on any atom is -0.380 e. The van der Waals surface area contributed by atoms with E-state index in [2.05, 4.69) is 5.32 Å². The van der Waals surface area contributed by atoms with Gasteiger partial charge >= 0.3 is 0 Å². The van der Waals surface area contributed by atoms with Gasteiger partial charge in [0.15, 0.2) is 0 Å². The first-order chi connectivity index (χ1) is 6.56. The zero-order valence-electron chi connectivity index (χ0n) is 8.74. The van der Waals surface area contributed by atoms with Crippen LogP contribution in [0.25, 0.3) is 0 Å². The molecule has 0 aromatic rings. The third kappa shape index (κ3) is 2.30. The molecule has 1 rings (SSSR count). The third-order valence-electron chi connectivity index (χ3n) is 2.34. The van der Waals surface area contributed by atoms with E-state index >= 15 is 0 Å². The van der Waals surface area contributed by atoms with E-state index in [4.69, 9.17) is 4.74 Å². The maximum absolute atomic E-state index is 11.6. The summed E-state index contributed by atoms with van der Waals surface area (Å²) >= 11 is 0. The lowest BCUT2D eigenvalue weighted by Crippen LogP contribution is -2.58. The van der Waals surface area contributed by atoms with Crippen LogP contribution in [-0.2, 0) is 14.3 Å². The molecule has 1 aliphatic heterocycles. The molecular formula is C9H16N2O3. The molecule has 2 atom stereocenters. The maximum atomic E-state index is 11.6. The summed E-state index contributed by atoms with van der Waals surface area (Å²) in [7, 11) is 1.56. The van der Waals surface area contributed by atoms with Gasteiger partial charge in [-0.15, -0.1) is 0 Å². The topological polar surface area (TPSA) is 58.6 Å². The van der Waals surface area contributed by atoms with Crippen LogP contribution < -0.4 is 5.32 Å². The Bertz CT molecular complexity index is 242. The van der Waals surface area contributed by atoms with Gasteiger partial charge in [0.25, 0.3) is 0 Å². The molecule has 1 heterocycles. The van der Waals surface area contributed by atoms with E-state index in [1.807, 2.05) is 6.92 Å². The Kier molecular flexibility index (Phi) is 3.60. The monoisotopic (exact) mass is 200 g/mol. The molecule has 0 radical (unpaired) electrons. The molecule has 0 aliphatic carbocycles. The summed E-state index contributed by atoms with van der Waals surface area (Å²) < 4.78 is 5.02. The number of amides is 2. The lowest BCUT2D eigenvalue weighted by atomic mass is 10.2. The van der Waals surface area contributed by atoms with Crippen LogP contribution in [-0.4, -0.2) is 49.1 Å². The van der Waals surface area contributed by atoms with Crippen molar-refractivity contribution in [3.8, 4) is 0 Å². The van der Waals surface area contributed by atoms with Gasteiger partial charge < -0.3 is 4.74 Å². The quantitative estimate of drug-likeness (QED) is 0.616. The summed E-state index contributed by atoms with van der Waals surface area (Å²) in [6.45, 7) is 4.13. The van der Waals surface area contributed by atoms with Crippen LogP contribution in [0.15, 0.2) is 0 Å². The minimum atomic E-state index is -0.281. The third-order valence-corrected chi connectivity index (χ3v) is 2.34. The van der Waals surface area contributed by atoms with Crippen LogP contribution in [0, 0.1) is 0 Å². The van der Waals surface area contributed by atoms with E-state index in [1.54, 1.807) is 14.0 Å². The van der Waals surface area contributed by atoms with Crippen molar-refractivity contribution in [1.82, 2.24) is 10.2 Å². The van der Waals surface area contributed by atoms with Gasteiger partial charge in [-0.05, 0) is 13.8 Å². The molecule has 5 nitrogen and oxygen atoms in total. The molecule has 1 saturated heterocycles. The van der Waals surface area contributed by atoms with E-state index in [1.165, 1.54) is 4.90 Å². The zero-order chi connectivity index (χ0) is 10.7. The number of imide groups is 1.